The monoisotopic (exact) mass is 318 g/mol. The lowest BCUT2D eigenvalue weighted by molar-refractivity contribution is 0.0694. The molecule has 17 heavy (non-hydrogen) atoms. The van der Waals surface area contributed by atoms with E-state index in [0.717, 1.165) is 17.6 Å². The van der Waals surface area contributed by atoms with Crippen LogP contribution in [0, 0.1) is 0 Å². The molecule has 96 valence electrons. The molecule has 3 nitrogen and oxygen atoms in total. The molecule has 2 atom stereocenters. The van der Waals surface area contributed by atoms with Gasteiger partial charge in [-0.15, -0.1) is 11.3 Å². The van der Waals surface area contributed by atoms with E-state index in [1.165, 1.54) is 17.7 Å². The lowest BCUT2D eigenvalue weighted by atomic mass is 10.1. The third-order valence-corrected chi connectivity index (χ3v) is 4.98. The summed E-state index contributed by atoms with van der Waals surface area (Å²) in [6.45, 7) is 2.53. The van der Waals surface area contributed by atoms with Crippen molar-refractivity contribution in [3.05, 3.63) is 20.8 Å². The highest BCUT2D eigenvalue weighted by Crippen LogP contribution is 2.29. The van der Waals surface area contributed by atoms with Gasteiger partial charge in [0.05, 0.1) is 12.1 Å². The minimum absolute atomic E-state index is 0.301. The Morgan fingerprint density at radius 2 is 2.53 bits per heavy atom. The standard InChI is InChI=1S/C12H19BrN2OS/c1-15(7-10-3-2-4-16-10)11(6-14)12-5-9(13)8-17-12/h5,8,10-11H,2-4,6-7,14H2,1H3. The SMILES string of the molecule is CN(CC1CCCO1)C(CN)c1cc(Br)cs1. The third-order valence-electron chi connectivity index (χ3n) is 3.19. The fourth-order valence-corrected chi connectivity index (χ4v) is 3.88. The topological polar surface area (TPSA) is 38.5 Å². The van der Waals surface area contributed by atoms with Gasteiger partial charge in [0.25, 0.3) is 0 Å². The lowest BCUT2D eigenvalue weighted by Gasteiger charge is -2.28. The molecule has 2 N–H and O–H groups in total. The van der Waals surface area contributed by atoms with Gasteiger partial charge in [0.2, 0.25) is 0 Å². The van der Waals surface area contributed by atoms with Gasteiger partial charge >= 0.3 is 0 Å². The molecule has 0 spiro atoms. The maximum Gasteiger partial charge on any atom is 0.0702 e. The first-order valence-electron chi connectivity index (χ1n) is 5.96. The third kappa shape index (κ3) is 3.51. The molecule has 1 aromatic rings. The molecular weight excluding hydrogens is 300 g/mol. The van der Waals surface area contributed by atoms with Crippen LogP contribution in [0.5, 0.6) is 0 Å². The Balaban J connectivity index is 1.97. The molecule has 0 bridgehead atoms. The minimum atomic E-state index is 0.301. The first kappa shape index (κ1) is 13.5. The summed E-state index contributed by atoms with van der Waals surface area (Å²) in [5, 5.41) is 2.11. The summed E-state index contributed by atoms with van der Waals surface area (Å²) < 4.78 is 6.81. The van der Waals surface area contributed by atoms with Crippen LogP contribution in [-0.2, 0) is 4.74 Å². The van der Waals surface area contributed by atoms with Crippen molar-refractivity contribution in [2.75, 3.05) is 26.7 Å². The Labute approximate surface area is 115 Å². The normalized spacial score (nSPS) is 22.2. The molecule has 0 aliphatic carbocycles. The molecule has 1 saturated heterocycles. The van der Waals surface area contributed by atoms with Crippen LogP contribution in [0.1, 0.15) is 23.8 Å². The van der Waals surface area contributed by atoms with Crippen LogP contribution in [0.2, 0.25) is 0 Å². The zero-order valence-electron chi connectivity index (χ0n) is 10.1. The predicted molar refractivity (Wildman–Crippen MR) is 75.4 cm³/mol. The molecule has 1 aliphatic heterocycles. The molecule has 2 rings (SSSR count). The van der Waals surface area contributed by atoms with Gasteiger partial charge in [-0.1, -0.05) is 0 Å². The van der Waals surface area contributed by atoms with E-state index in [1.54, 1.807) is 11.3 Å². The van der Waals surface area contributed by atoms with Crippen molar-refractivity contribution in [2.45, 2.75) is 25.0 Å². The fraction of sp³-hybridized carbons (Fsp3) is 0.667. The van der Waals surface area contributed by atoms with Crippen molar-refractivity contribution in [1.82, 2.24) is 4.90 Å². The summed E-state index contributed by atoms with van der Waals surface area (Å²) in [4.78, 5) is 3.63. The molecule has 0 aromatic carbocycles. The van der Waals surface area contributed by atoms with E-state index in [4.69, 9.17) is 10.5 Å². The van der Waals surface area contributed by atoms with Gasteiger partial charge in [-0.05, 0) is 41.9 Å². The van der Waals surface area contributed by atoms with Crippen molar-refractivity contribution < 1.29 is 4.74 Å². The molecule has 0 amide bonds. The van der Waals surface area contributed by atoms with Crippen LogP contribution < -0.4 is 5.73 Å². The first-order valence-corrected chi connectivity index (χ1v) is 7.64. The van der Waals surface area contributed by atoms with Crippen LogP contribution in [0.3, 0.4) is 0 Å². The minimum Gasteiger partial charge on any atom is -0.377 e. The number of thiophene rings is 1. The van der Waals surface area contributed by atoms with Gasteiger partial charge in [-0.3, -0.25) is 4.90 Å². The number of rotatable bonds is 5. The highest BCUT2D eigenvalue weighted by Gasteiger charge is 2.23. The average Bonchev–Trinajstić information content (AvgIpc) is 2.91. The molecule has 2 unspecified atom stereocenters. The van der Waals surface area contributed by atoms with Gasteiger partial charge in [0, 0.05) is 34.4 Å². The first-order chi connectivity index (χ1) is 8.20. The van der Waals surface area contributed by atoms with Crippen LogP contribution >= 0.6 is 27.3 Å². The van der Waals surface area contributed by atoms with E-state index in [-0.39, 0.29) is 0 Å². The van der Waals surface area contributed by atoms with Crippen LogP contribution in [0.25, 0.3) is 0 Å². The molecule has 2 heterocycles. The zero-order chi connectivity index (χ0) is 12.3. The summed E-state index contributed by atoms with van der Waals surface area (Å²) >= 11 is 5.25. The second-order valence-electron chi connectivity index (χ2n) is 4.49. The van der Waals surface area contributed by atoms with Crippen molar-refractivity contribution in [3.63, 3.8) is 0 Å². The largest absolute Gasteiger partial charge is 0.377 e. The van der Waals surface area contributed by atoms with E-state index < -0.39 is 0 Å². The van der Waals surface area contributed by atoms with Crippen LogP contribution in [0.15, 0.2) is 15.9 Å². The van der Waals surface area contributed by atoms with Gasteiger partial charge in [0.15, 0.2) is 0 Å². The second kappa shape index (κ2) is 6.29. The number of hydrogen-bond acceptors (Lipinski definition) is 4. The molecule has 1 aromatic heterocycles. The second-order valence-corrected chi connectivity index (χ2v) is 6.35. The van der Waals surface area contributed by atoms with E-state index >= 15 is 0 Å². The maximum atomic E-state index is 5.90. The van der Waals surface area contributed by atoms with E-state index in [2.05, 4.69) is 39.3 Å². The molecule has 1 aliphatic rings. The molecule has 0 radical (unpaired) electrons. The Morgan fingerprint density at radius 1 is 1.71 bits per heavy atom. The molecule has 0 saturated carbocycles. The zero-order valence-corrected chi connectivity index (χ0v) is 12.5. The number of likely N-dealkylation sites (N-methyl/N-ethyl adjacent to an activating group) is 1. The smallest absolute Gasteiger partial charge is 0.0702 e. The summed E-state index contributed by atoms with van der Waals surface area (Å²) in [6, 6.07) is 2.46. The van der Waals surface area contributed by atoms with Crippen molar-refractivity contribution in [1.29, 1.82) is 0 Å². The Bertz CT molecular complexity index is 352. The van der Waals surface area contributed by atoms with Crippen LogP contribution in [-0.4, -0.2) is 37.7 Å². The molecular formula is C12H19BrN2OS. The Morgan fingerprint density at radius 3 is 3.06 bits per heavy atom. The van der Waals surface area contributed by atoms with Crippen molar-refractivity contribution in [3.8, 4) is 0 Å². The summed E-state index contributed by atoms with van der Waals surface area (Å²) in [7, 11) is 2.13. The maximum absolute atomic E-state index is 5.90. The van der Waals surface area contributed by atoms with Gasteiger partial charge in [0.1, 0.15) is 0 Å². The van der Waals surface area contributed by atoms with Gasteiger partial charge in [-0.2, -0.15) is 0 Å². The number of ether oxygens (including phenoxy) is 1. The quantitative estimate of drug-likeness (QED) is 0.907. The van der Waals surface area contributed by atoms with E-state index in [1.807, 2.05) is 0 Å². The number of hydrogen-bond donors (Lipinski definition) is 1. The lowest BCUT2D eigenvalue weighted by Crippen LogP contribution is -2.35. The van der Waals surface area contributed by atoms with E-state index in [9.17, 15) is 0 Å². The number of nitrogens with two attached hydrogens (primary N) is 1. The fourth-order valence-electron chi connectivity index (χ4n) is 2.25. The number of nitrogens with zero attached hydrogens (tertiary/aromatic N) is 1. The predicted octanol–water partition coefficient (Wildman–Crippen LogP) is 2.62. The van der Waals surface area contributed by atoms with Crippen molar-refractivity contribution >= 4 is 27.3 Å². The van der Waals surface area contributed by atoms with Crippen LogP contribution in [0.4, 0.5) is 0 Å². The van der Waals surface area contributed by atoms with Gasteiger partial charge < -0.3 is 10.5 Å². The summed E-state index contributed by atoms with van der Waals surface area (Å²) in [6.07, 6.45) is 2.75. The highest BCUT2D eigenvalue weighted by atomic mass is 79.9. The van der Waals surface area contributed by atoms with E-state index in [0.29, 0.717) is 18.7 Å². The highest BCUT2D eigenvalue weighted by molar-refractivity contribution is 9.10. The van der Waals surface area contributed by atoms with Crippen molar-refractivity contribution in [2.24, 2.45) is 5.73 Å². The Kier molecular flexibility index (Phi) is 4.99. The average molecular weight is 319 g/mol. The summed E-state index contributed by atoms with van der Waals surface area (Å²) in [5.41, 5.74) is 5.90. The number of halogens is 1. The summed E-state index contributed by atoms with van der Waals surface area (Å²) in [5.74, 6) is 0. The molecule has 1 fully saturated rings. The van der Waals surface area contributed by atoms with Gasteiger partial charge in [-0.25, -0.2) is 0 Å². The Hall–Kier alpha value is 0.0600. The molecule has 5 heteroatoms.